The molecule has 1 aromatic carbocycles. The molecule has 5 rings (SSSR count). The van der Waals surface area contributed by atoms with E-state index in [2.05, 4.69) is 10.3 Å². The van der Waals surface area contributed by atoms with Gasteiger partial charge in [-0.05, 0) is 49.9 Å². The molecule has 1 N–H and O–H groups in total. The highest BCUT2D eigenvalue weighted by atomic mass is 16.5. The summed E-state index contributed by atoms with van der Waals surface area (Å²) < 4.78 is 11.3. The van der Waals surface area contributed by atoms with Crippen LogP contribution in [0.15, 0.2) is 42.6 Å². The minimum atomic E-state index is -0.511. The highest BCUT2D eigenvalue weighted by molar-refractivity contribution is 5.97. The quantitative estimate of drug-likeness (QED) is 0.704. The van der Waals surface area contributed by atoms with E-state index >= 15 is 0 Å². The van der Waals surface area contributed by atoms with E-state index in [1.54, 1.807) is 42.4 Å². The van der Waals surface area contributed by atoms with Crippen molar-refractivity contribution in [1.29, 1.82) is 0 Å². The molecular weight excluding hydrogens is 460 g/mol. The van der Waals surface area contributed by atoms with Gasteiger partial charge >= 0.3 is 0 Å². The summed E-state index contributed by atoms with van der Waals surface area (Å²) in [4.78, 5) is 47.4. The maximum absolute atomic E-state index is 13.4. The summed E-state index contributed by atoms with van der Waals surface area (Å²) in [5.41, 5.74) is 0.372. The van der Waals surface area contributed by atoms with Gasteiger partial charge in [0, 0.05) is 32.9 Å². The van der Waals surface area contributed by atoms with Crippen LogP contribution < -0.4 is 14.8 Å². The summed E-state index contributed by atoms with van der Waals surface area (Å²) in [5.74, 6) is 0.506. The fraction of sp³-hybridized carbons (Fsp3) is 0.481. The number of benzene rings is 1. The minimum absolute atomic E-state index is 0.0238. The summed E-state index contributed by atoms with van der Waals surface area (Å²) in [7, 11) is 3.16. The molecule has 0 radical (unpaired) electrons. The molecule has 9 heteroatoms. The van der Waals surface area contributed by atoms with Gasteiger partial charge in [0.1, 0.15) is 17.9 Å². The van der Waals surface area contributed by atoms with Crippen molar-refractivity contribution in [2.45, 2.75) is 32.1 Å². The highest BCUT2D eigenvalue weighted by Gasteiger charge is 2.41. The second-order valence-electron chi connectivity index (χ2n) is 9.31. The van der Waals surface area contributed by atoms with Crippen LogP contribution >= 0.6 is 0 Å². The number of pyridine rings is 1. The fourth-order valence-electron chi connectivity index (χ4n) is 5.17. The van der Waals surface area contributed by atoms with E-state index < -0.39 is 5.41 Å². The molecule has 3 aliphatic rings. The third kappa shape index (κ3) is 5.29. The molecule has 192 valence electrons. The number of carbonyl (C=O) groups is 3. The SMILES string of the molecule is CNC(=O)C12CCCCN(C(=O)c3cccnc3OC)CCOc3ccccc3C(=O)N(CC1)CC2. The average Bonchev–Trinajstić information content (AvgIpc) is 2.93. The van der Waals surface area contributed by atoms with Gasteiger partial charge in [0.05, 0.1) is 24.6 Å². The summed E-state index contributed by atoms with van der Waals surface area (Å²) in [6.45, 7) is 2.12. The summed E-state index contributed by atoms with van der Waals surface area (Å²) in [6.07, 6.45) is 5.04. The van der Waals surface area contributed by atoms with E-state index in [9.17, 15) is 14.4 Å². The van der Waals surface area contributed by atoms with Crippen molar-refractivity contribution < 1.29 is 23.9 Å². The zero-order chi connectivity index (χ0) is 25.5. The first-order valence-electron chi connectivity index (χ1n) is 12.5. The molecule has 0 aliphatic carbocycles. The van der Waals surface area contributed by atoms with Gasteiger partial charge in [-0.3, -0.25) is 14.4 Å². The van der Waals surface area contributed by atoms with Crippen molar-refractivity contribution in [3.63, 3.8) is 0 Å². The van der Waals surface area contributed by atoms with Crippen LogP contribution in [0.4, 0.5) is 0 Å². The molecule has 0 saturated carbocycles. The number of hydrogen-bond acceptors (Lipinski definition) is 6. The second kappa shape index (κ2) is 11.4. The number of rotatable bonds is 3. The number of para-hydroxylation sites is 1. The van der Waals surface area contributed by atoms with Crippen molar-refractivity contribution in [1.82, 2.24) is 20.1 Å². The van der Waals surface area contributed by atoms with Crippen molar-refractivity contribution >= 4 is 17.7 Å². The number of amides is 3. The lowest BCUT2D eigenvalue weighted by atomic mass is 9.73. The zero-order valence-electron chi connectivity index (χ0n) is 21.0. The molecule has 2 aromatic rings. The van der Waals surface area contributed by atoms with E-state index in [0.29, 0.717) is 62.3 Å². The number of aromatic nitrogens is 1. The first-order valence-corrected chi connectivity index (χ1v) is 12.5. The number of ether oxygens (including phenoxy) is 2. The van der Waals surface area contributed by atoms with Gasteiger partial charge in [-0.15, -0.1) is 0 Å². The number of hydrogen-bond donors (Lipinski definition) is 1. The molecule has 0 atom stereocenters. The van der Waals surface area contributed by atoms with Crippen molar-refractivity contribution in [3.8, 4) is 11.6 Å². The lowest BCUT2D eigenvalue weighted by molar-refractivity contribution is -0.133. The largest absolute Gasteiger partial charge is 0.491 e. The first-order chi connectivity index (χ1) is 17.5. The smallest absolute Gasteiger partial charge is 0.259 e. The molecule has 1 saturated heterocycles. The molecule has 9 nitrogen and oxygen atoms in total. The molecular formula is C27H34N4O5. The predicted molar refractivity (Wildman–Crippen MR) is 134 cm³/mol. The maximum Gasteiger partial charge on any atom is 0.259 e. The molecule has 1 fully saturated rings. The Morgan fingerprint density at radius 2 is 1.81 bits per heavy atom. The van der Waals surface area contributed by atoms with E-state index in [1.165, 1.54) is 7.11 Å². The van der Waals surface area contributed by atoms with Crippen LogP contribution in [0.2, 0.25) is 0 Å². The normalized spacial score (nSPS) is 18.3. The van der Waals surface area contributed by atoms with Gasteiger partial charge in [0.25, 0.3) is 11.8 Å². The lowest BCUT2D eigenvalue weighted by Crippen LogP contribution is -2.49. The van der Waals surface area contributed by atoms with Crippen LogP contribution in [-0.4, -0.2) is 79.4 Å². The average molecular weight is 495 g/mol. The maximum atomic E-state index is 13.4. The highest BCUT2D eigenvalue weighted by Crippen LogP contribution is 2.38. The standard InChI is InChI=1S/C27H34N4O5/c1-28-26(34)27-11-5-6-15-30(25(33)21-9-7-14-29-23(21)35-2)18-19-36-22-10-4-3-8-20(22)24(32)31(16-12-27)17-13-27/h3-4,7-10,14H,5-6,11-13,15-19H2,1-2H3,(H,28,34). The topological polar surface area (TPSA) is 101 Å². The zero-order valence-corrected chi connectivity index (χ0v) is 21.0. The Morgan fingerprint density at radius 1 is 1.03 bits per heavy atom. The van der Waals surface area contributed by atoms with Gasteiger partial charge in [0.2, 0.25) is 11.8 Å². The lowest BCUT2D eigenvalue weighted by Gasteiger charge is -2.40. The molecule has 3 amide bonds. The van der Waals surface area contributed by atoms with Gasteiger partial charge in [-0.25, -0.2) is 4.98 Å². The van der Waals surface area contributed by atoms with Crippen molar-refractivity contribution in [3.05, 3.63) is 53.7 Å². The molecule has 4 heterocycles. The van der Waals surface area contributed by atoms with Crippen molar-refractivity contribution in [2.75, 3.05) is 46.9 Å². The third-order valence-corrected chi connectivity index (χ3v) is 7.27. The van der Waals surface area contributed by atoms with E-state index in [4.69, 9.17) is 9.47 Å². The van der Waals surface area contributed by atoms with E-state index in [-0.39, 0.29) is 30.2 Å². The van der Waals surface area contributed by atoms with Crippen LogP contribution in [-0.2, 0) is 4.79 Å². The Morgan fingerprint density at radius 3 is 2.56 bits per heavy atom. The van der Waals surface area contributed by atoms with Gasteiger partial charge in [-0.1, -0.05) is 18.6 Å². The molecule has 0 unspecified atom stereocenters. The van der Waals surface area contributed by atoms with Crippen LogP contribution in [0.3, 0.4) is 0 Å². The van der Waals surface area contributed by atoms with Gasteiger partial charge < -0.3 is 24.6 Å². The Balaban J connectivity index is 1.62. The number of nitrogens with zero attached hydrogens (tertiary/aromatic N) is 3. The Bertz CT molecular complexity index is 1100. The second-order valence-corrected chi connectivity index (χ2v) is 9.31. The molecule has 2 bridgehead atoms. The summed E-state index contributed by atoms with van der Waals surface area (Å²) in [6, 6.07) is 10.6. The molecule has 36 heavy (non-hydrogen) atoms. The summed E-state index contributed by atoms with van der Waals surface area (Å²) >= 11 is 0. The Kier molecular flexibility index (Phi) is 8.07. The van der Waals surface area contributed by atoms with Gasteiger partial charge in [-0.2, -0.15) is 0 Å². The van der Waals surface area contributed by atoms with Crippen LogP contribution in [0.1, 0.15) is 52.8 Å². The third-order valence-electron chi connectivity index (χ3n) is 7.27. The van der Waals surface area contributed by atoms with Crippen LogP contribution in [0, 0.1) is 5.41 Å². The van der Waals surface area contributed by atoms with Gasteiger partial charge in [0.15, 0.2) is 0 Å². The number of fused-ring (bicyclic) bond motifs is 9. The van der Waals surface area contributed by atoms with E-state index in [0.717, 1.165) is 12.8 Å². The van der Waals surface area contributed by atoms with E-state index in [1.807, 2.05) is 17.0 Å². The van der Waals surface area contributed by atoms with Crippen molar-refractivity contribution in [2.24, 2.45) is 5.41 Å². The summed E-state index contributed by atoms with van der Waals surface area (Å²) in [5, 5.41) is 2.84. The molecule has 3 aliphatic heterocycles. The van der Waals surface area contributed by atoms with Crippen LogP contribution in [0.25, 0.3) is 0 Å². The monoisotopic (exact) mass is 494 g/mol. The van der Waals surface area contributed by atoms with Crippen LogP contribution in [0.5, 0.6) is 11.6 Å². The number of nitrogens with one attached hydrogen (secondary N) is 1. The minimum Gasteiger partial charge on any atom is -0.491 e. The number of piperidine rings is 1. The molecule has 0 spiro atoms. The number of methoxy groups -OCH3 is 1. The Hall–Kier alpha value is -3.62. The first kappa shape index (κ1) is 25.5. The number of carbonyl (C=O) groups excluding carboxylic acids is 3. The Labute approximate surface area is 211 Å². The predicted octanol–water partition coefficient (Wildman–Crippen LogP) is 2.76. The molecule has 1 aromatic heterocycles. The fourth-order valence-corrected chi connectivity index (χ4v) is 5.17.